The lowest BCUT2D eigenvalue weighted by Gasteiger charge is -2.35. The zero-order valence-corrected chi connectivity index (χ0v) is 17.8. The van der Waals surface area contributed by atoms with E-state index in [1.54, 1.807) is 11.3 Å². The zero-order valence-electron chi connectivity index (χ0n) is 17.0. The SMILES string of the molecule is NC(=NCc1cccc(COCc2ccccc2)c1)N1CCN(c2nccs2)CC1. The van der Waals surface area contributed by atoms with Crippen molar-refractivity contribution in [1.29, 1.82) is 0 Å². The van der Waals surface area contributed by atoms with Gasteiger partial charge in [0.25, 0.3) is 0 Å². The third-order valence-corrected chi connectivity index (χ3v) is 5.92. The Hall–Kier alpha value is -2.90. The molecule has 0 radical (unpaired) electrons. The second-order valence-corrected chi connectivity index (χ2v) is 8.13. The molecule has 6 nitrogen and oxygen atoms in total. The smallest absolute Gasteiger partial charge is 0.191 e. The molecular weight excluding hydrogens is 394 g/mol. The second kappa shape index (κ2) is 10.2. The first-order valence-electron chi connectivity index (χ1n) is 10.2. The topological polar surface area (TPSA) is 67.0 Å². The number of rotatable bonds is 7. The summed E-state index contributed by atoms with van der Waals surface area (Å²) in [5.41, 5.74) is 9.73. The lowest BCUT2D eigenvalue weighted by atomic mass is 10.1. The molecule has 1 aromatic heterocycles. The number of hydrogen-bond acceptors (Lipinski definition) is 5. The molecule has 7 heteroatoms. The predicted octanol–water partition coefficient (Wildman–Crippen LogP) is 3.50. The van der Waals surface area contributed by atoms with Gasteiger partial charge in [0.2, 0.25) is 0 Å². The van der Waals surface area contributed by atoms with Gasteiger partial charge < -0.3 is 20.3 Å². The fourth-order valence-electron chi connectivity index (χ4n) is 3.45. The van der Waals surface area contributed by atoms with Crippen LogP contribution in [0.15, 0.2) is 71.2 Å². The number of ether oxygens (including phenoxy) is 1. The van der Waals surface area contributed by atoms with E-state index in [4.69, 9.17) is 10.5 Å². The van der Waals surface area contributed by atoms with Crippen molar-refractivity contribution in [3.8, 4) is 0 Å². The number of piperazine rings is 1. The van der Waals surface area contributed by atoms with Gasteiger partial charge in [0.1, 0.15) is 0 Å². The molecule has 0 spiro atoms. The van der Waals surface area contributed by atoms with Gasteiger partial charge in [-0.05, 0) is 16.7 Å². The standard InChI is InChI=1S/C23H27N5OS/c24-22(27-10-12-28(13-11-27)23-25-9-14-30-23)26-16-20-7-4-8-21(15-20)18-29-17-19-5-2-1-3-6-19/h1-9,14-15H,10-13,16-18H2,(H2,24,26). The third-order valence-electron chi connectivity index (χ3n) is 5.09. The normalized spacial score (nSPS) is 14.9. The molecule has 0 atom stereocenters. The van der Waals surface area contributed by atoms with Gasteiger partial charge in [0.05, 0.1) is 19.8 Å². The summed E-state index contributed by atoms with van der Waals surface area (Å²) < 4.78 is 5.84. The van der Waals surface area contributed by atoms with Crippen molar-refractivity contribution in [2.45, 2.75) is 19.8 Å². The molecular formula is C23H27N5OS. The van der Waals surface area contributed by atoms with Crippen LogP contribution in [-0.4, -0.2) is 42.0 Å². The molecule has 1 aliphatic rings. The lowest BCUT2D eigenvalue weighted by molar-refractivity contribution is 0.107. The highest BCUT2D eigenvalue weighted by molar-refractivity contribution is 7.13. The van der Waals surface area contributed by atoms with Crippen LogP contribution in [0, 0.1) is 0 Å². The molecule has 30 heavy (non-hydrogen) atoms. The minimum absolute atomic E-state index is 0.574. The minimum Gasteiger partial charge on any atom is -0.372 e. The third kappa shape index (κ3) is 5.58. The van der Waals surface area contributed by atoms with Gasteiger partial charge >= 0.3 is 0 Å². The van der Waals surface area contributed by atoms with E-state index in [1.165, 1.54) is 5.56 Å². The summed E-state index contributed by atoms with van der Waals surface area (Å²) in [7, 11) is 0. The molecule has 1 fully saturated rings. The number of guanidine groups is 1. The van der Waals surface area contributed by atoms with Crippen LogP contribution in [0.5, 0.6) is 0 Å². The monoisotopic (exact) mass is 421 g/mol. The largest absolute Gasteiger partial charge is 0.372 e. The van der Waals surface area contributed by atoms with E-state index >= 15 is 0 Å². The Bertz CT molecular complexity index is 937. The van der Waals surface area contributed by atoms with Crippen molar-refractivity contribution >= 4 is 22.4 Å². The molecule has 3 aromatic rings. The van der Waals surface area contributed by atoms with Crippen LogP contribution in [0.1, 0.15) is 16.7 Å². The first-order valence-corrected chi connectivity index (χ1v) is 11.0. The number of nitrogens with two attached hydrogens (primary N) is 1. The number of benzene rings is 2. The lowest BCUT2D eigenvalue weighted by Crippen LogP contribution is -2.51. The van der Waals surface area contributed by atoms with Gasteiger partial charge in [-0.25, -0.2) is 9.98 Å². The molecule has 156 valence electrons. The molecule has 0 saturated carbocycles. The fraction of sp³-hybridized carbons (Fsp3) is 0.304. The first kappa shape index (κ1) is 20.4. The van der Waals surface area contributed by atoms with Crippen LogP contribution < -0.4 is 10.6 Å². The fourth-order valence-corrected chi connectivity index (χ4v) is 4.15. The number of nitrogens with zero attached hydrogens (tertiary/aromatic N) is 4. The summed E-state index contributed by atoms with van der Waals surface area (Å²) >= 11 is 1.68. The summed E-state index contributed by atoms with van der Waals surface area (Å²) in [4.78, 5) is 13.5. The van der Waals surface area contributed by atoms with Crippen LogP contribution in [-0.2, 0) is 24.5 Å². The Kier molecular flexibility index (Phi) is 6.95. The molecule has 2 N–H and O–H groups in total. The Morgan fingerprint density at radius 3 is 2.47 bits per heavy atom. The van der Waals surface area contributed by atoms with E-state index in [2.05, 4.69) is 56.2 Å². The van der Waals surface area contributed by atoms with E-state index in [9.17, 15) is 0 Å². The second-order valence-electron chi connectivity index (χ2n) is 7.26. The maximum absolute atomic E-state index is 6.26. The molecule has 4 rings (SSSR count). The minimum atomic E-state index is 0.574. The highest BCUT2D eigenvalue weighted by Crippen LogP contribution is 2.19. The molecule has 2 heterocycles. The van der Waals surface area contributed by atoms with Gasteiger partial charge in [-0.15, -0.1) is 11.3 Å². The van der Waals surface area contributed by atoms with Crippen LogP contribution in [0.2, 0.25) is 0 Å². The van der Waals surface area contributed by atoms with Crippen LogP contribution >= 0.6 is 11.3 Å². The Balaban J connectivity index is 1.25. The molecule has 2 aromatic carbocycles. The number of thiazole rings is 1. The number of aliphatic imine (C=N–C) groups is 1. The highest BCUT2D eigenvalue weighted by atomic mass is 32.1. The maximum atomic E-state index is 6.26. The summed E-state index contributed by atoms with van der Waals surface area (Å²) in [6, 6.07) is 18.6. The summed E-state index contributed by atoms with van der Waals surface area (Å²) in [5.74, 6) is 0.611. The number of aromatic nitrogens is 1. The Morgan fingerprint density at radius 2 is 1.70 bits per heavy atom. The molecule has 1 aliphatic heterocycles. The average molecular weight is 422 g/mol. The van der Waals surface area contributed by atoms with Crippen molar-refractivity contribution in [2.24, 2.45) is 10.7 Å². The molecule has 1 saturated heterocycles. The van der Waals surface area contributed by atoms with Crippen molar-refractivity contribution in [3.63, 3.8) is 0 Å². The predicted molar refractivity (Wildman–Crippen MR) is 123 cm³/mol. The first-order chi connectivity index (χ1) is 14.8. The van der Waals surface area contributed by atoms with Gasteiger partial charge in [0.15, 0.2) is 11.1 Å². The van der Waals surface area contributed by atoms with E-state index in [0.29, 0.717) is 25.7 Å². The number of anilines is 1. The van der Waals surface area contributed by atoms with Crippen LogP contribution in [0.25, 0.3) is 0 Å². The Labute approximate surface area is 181 Å². The van der Waals surface area contributed by atoms with Gasteiger partial charge in [-0.3, -0.25) is 0 Å². The van der Waals surface area contributed by atoms with Gasteiger partial charge in [0, 0.05) is 37.8 Å². The van der Waals surface area contributed by atoms with Gasteiger partial charge in [-0.2, -0.15) is 0 Å². The van der Waals surface area contributed by atoms with Crippen molar-refractivity contribution in [3.05, 3.63) is 82.9 Å². The van der Waals surface area contributed by atoms with E-state index in [-0.39, 0.29) is 0 Å². The van der Waals surface area contributed by atoms with Crippen LogP contribution in [0.4, 0.5) is 5.13 Å². The quantitative estimate of drug-likeness (QED) is 0.467. The summed E-state index contributed by atoms with van der Waals surface area (Å²) in [6.45, 7) is 5.33. The molecule has 0 amide bonds. The van der Waals surface area contributed by atoms with E-state index < -0.39 is 0 Å². The maximum Gasteiger partial charge on any atom is 0.191 e. The summed E-state index contributed by atoms with van der Waals surface area (Å²) in [5, 5.41) is 3.09. The molecule has 0 aliphatic carbocycles. The average Bonchev–Trinajstić information content (AvgIpc) is 3.34. The van der Waals surface area contributed by atoms with E-state index in [1.807, 2.05) is 29.8 Å². The molecule has 0 unspecified atom stereocenters. The summed E-state index contributed by atoms with van der Waals surface area (Å²) in [6.07, 6.45) is 1.85. The van der Waals surface area contributed by atoms with Crippen molar-refractivity contribution in [2.75, 3.05) is 31.1 Å². The zero-order chi connectivity index (χ0) is 20.6. The van der Waals surface area contributed by atoms with E-state index in [0.717, 1.165) is 42.4 Å². The highest BCUT2D eigenvalue weighted by Gasteiger charge is 2.19. The van der Waals surface area contributed by atoms with Crippen LogP contribution in [0.3, 0.4) is 0 Å². The van der Waals surface area contributed by atoms with Crippen molar-refractivity contribution in [1.82, 2.24) is 9.88 Å². The Morgan fingerprint density at radius 1 is 0.967 bits per heavy atom. The molecule has 0 bridgehead atoms. The van der Waals surface area contributed by atoms with Crippen molar-refractivity contribution < 1.29 is 4.74 Å². The van der Waals surface area contributed by atoms with Gasteiger partial charge in [-0.1, -0.05) is 54.6 Å². The number of hydrogen-bond donors (Lipinski definition) is 1.